The summed E-state index contributed by atoms with van der Waals surface area (Å²) in [5.41, 5.74) is 1.69. The number of aryl methyl sites for hydroxylation is 1. The minimum absolute atomic E-state index is 0.303. The molecule has 1 aliphatic rings. The molecule has 2 nitrogen and oxygen atoms in total. The zero-order chi connectivity index (χ0) is 15.3. The quantitative estimate of drug-likeness (QED) is 0.756. The van der Waals surface area contributed by atoms with E-state index in [0.29, 0.717) is 17.6 Å². The summed E-state index contributed by atoms with van der Waals surface area (Å²) >= 11 is 0. The standard InChI is InChI=1S/C19H31NO/c1-5-13-20-18(19(2,3)4)12-9-15-7-6-8-17(14-15)21-16-10-11-16/h6-8,14,16,18,20H,5,9-13H2,1-4H3. The van der Waals surface area contributed by atoms with Crippen molar-refractivity contribution in [1.29, 1.82) is 0 Å². The second kappa shape index (κ2) is 7.31. The van der Waals surface area contributed by atoms with Crippen molar-refractivity contribution in [2.75, 3.05) is 6.54 Å². The maximum Gasteiger partial charge on any atom is 0.119 e. The van der Waals surface area contributed by atoms with Crippen LogP contribution in [0.4, 0.5) is 0 Å². The fourth-order valence-electron chi connectivity index (χ4n) is 2.62. The summed E-state index contributed by atoms with van der Waals surface area (Å²) in [4.78, 5) is 0. The van der Waals surface area contributed by atoms with Crippen molar-refractivity contribution < 1.29 is 4.74 Å². The summed E-state index contributed by atoms with van der Waals surface area (Å²) < 4.78 is 5.89. The molecule has 1 aromatic rings. The number of nitrogens with one attached hydrogen (secondary N) is 1. The average Bonchev–Trinajstić information content (AvgIpc) is 3.21. The summed E-state index contributed by atoms with van der Waals surface area (Å²) in [5.74, 6) is 1.05. The van der Waals surface area contributed by atoms with E-state index in [-0.39, 0.29) is 0 Å². The van der Waals surface area contributed by atoms with Crippen molar-refractivity contribution in [3.8, 4) is 5.75 Å². The summed E-state index contributed by atoms with van der Waals surface area (Å²) in [6.45, 7) is 10.3. The van der Waals surface area contributed by atoms with Gasteiger partial charge in [0.15, 0.2) is 0 Å². The zero-order valence-electron chi connectivity index (χ0n) is 14.1. The van der Waals surface area contributed by atoms with Gasteiger partial charge in [0, 0.05) is 6.04 Å². The first-order valence-electron chi connectivity index (χ1n) is 8.48. The van der Waals surface area contributed by atoms with E-state index in [1.807, 2.05) is 0 Å². The van der Waals surface area contributed by atoms with Crippen molar-refractivity contribution in [3.05, 3.63) is 29.8 Å². The van der Waals surface area contributed by atoms with E-state index in [0.717, 1.165) is 18.7 Å². The molecular weight excluding hydrogens is 258 g/mol. The SMILES string of the molecule is CCCNC(CCc1cccc(OC2CC2)c1)C(C)(C)C. The minimum Gasteiger partial charge on any atom is -0.490 e. The first kappa shape index (κ1) is 16.4. The Bertz CT molecular complexity index is 431. The third-order valence-electron chi connectivity index (χ3n) is 4.13. The van der Waals surface area contributed by atoms with Crippen molar-refractivity contribution in [2.45, 2.75) is 71.9 Å². The Morgan fingerprint density at radius 1 is 1.29 bits per heavy atom. The molecule has 2 heteroatoms. The molecule has 21 heavy (non-hydrogen) atoms. The van der Waals surface area contributed by atoms with Crippen LogP contribution in [0, 0.1) is 5.41 Å². The molecule has 1 aromatic carbocycles. The first-order valence-corrected chi connectivity index (χ1v) is 8.48. The molecule has 2 rings (SSSR count). The van der Waals surface area contributed by atoms with Gasteiger partial charge in [-0.2, -0.15) is 0 Å². The summed E-state index contributed by atoms with van der Waals surface area (Å²) in [7, 11) is 0. The normalized spacial score (nSPS) is 16.8. The predicted octanol–water partition coefficient (Wildman–Crippen LogP) is 4.57. The Hall–Kier alpha value is -1.02. The van der Waals surface area contributed by atoms with Gasteiger partial charge in [0.1, 0.15) is 5.75 Å². The van der Waals surface area contributed by atoms with Gasteiger partial charge in [-0.25, -0.2) is 0 Å². The first-order chi connectivity index (χ1) is 9.99. The molecule has 118 valence electrons. The van der Waals surface area contributed by atoms with Crippen LogP contribution in [0.1, 0.15) is 58.9 Å². The molecule has 1 fully saturated rings. The number of rotatable bonds is 8. The molecule has 1 unspecified atom stereocenters. The maximum absolute atomic E-state index is 5.89. The Labute approximate surface area is 130 Å². The van der Waals surface area contributed by atoms with Gasteiger partial charge in [-0.15, -0.1) is 0 Å². The molecule has 0 saturated heterocycles. The van der Waals surface area contributed by atoms with E-state index < -0.39 is 0 Å². The van der Waals surface area contributed by atoms with E-state index in [1.54, 1.807) is 0 Å². The van der Waals surface area contributed by atoms with Gasteiger partial charge in [-0.3, -0.25) is 0 Å². The molecular formula is C19H31NO. The fraction of sp³-hybridized carbons (Fsp3) is 0.684. The lowest BCUT2D eigenvalue weighted by atomic mass is 9.83. The van der Waals surface area contributed by atoms with Crippen LogP contribution < -0.4 is 10.1 Å². The Morgan fingerprint density at radius 3 is 2.67 bits per heavy atom. The smallest absolute Gasteiger partial charge is 0.119 e. The molecule has 0 aliphatic heterocycles. The van der Waals surface area contributed by atoms with E-state index in [4.69, 9.17) is 4.74 Å². The predicted molar refractivity (Wildman–Crippen MR) is 89.9 cm³/mol. The number of hydrogen-bond donors (Lipinski definition) is 1. The van der Waals surface area contributed by atoms with Crippen molar-refractivity contribution in [2.24, 2.45) is 5.41 Å². The molecule has 0 heterocycles. The molecule has 0 spiro atoms. The van der Waals surface area contributed by atoms with Crippen LogP contribution in [0.3, 0.4) is 0 Å². The number of benzene rings is 1. The highest BCUT2D eigenvalue weighted by Gasteiger charge is 2.24. The van der Waals surface area contributed by atoms with Crippen molar-refractivity contribution >= 4 is 0 Å². The van der Waals surface area contributed by atoms with Crippen LogP contribution in [-0.2, 0) is 6.42 Å². The topological polar surface area (TPSA) is 21.3 Å². The van der Waals surface area contributed by atoms with Crippen molar-refractivity contribution in [3.63, 3.8) is 0 Å². The van der Waals surface area contributed by atoms with Crippen LogP contribution >= 0.6 is 0 Å². The Balaban J connectivity index is 1.89. The minimum atomic E-state index is 0.303. The lowest BCUT2D eigenvalue weighted by Crippen LogP contribution is -2.41. The maximum atomic E-state index is 5.89. The van der Waals surface area contributed by atoms with Crippen LogP contribution in [0.5, 0.6) is 5.75 Å². The summed E-state index contributed by atoms with van der Waals surface area (Å²) in [5, 5.41) is 3.71. The third kappa shape index (κ3) is 5.70. The summed E-state index contributed by atoms with van der Waals surface area (Å²) in [6, 6.07) is 9.21. The second-order valence-corrected chi connectivity index (χ2v) is 7.38. The van der Waals surface area contributed by atoms with Gasteiger partial charge < -0.3 is 10.1 Å². The number of ether oxygens (including phenoxy) is 1. The van der Waals surface area contributed by atoms with Crippen molar-refractivity contribution in [1.82, 2.24) is 5.32 Å². The molecule has 0 amide bonds. The molecule has 0 radical (unpaired) electrons. The van der Waals surface area contributed by atoms with Crippen LogP contribution in [-0.4, -0.2) is 18.7 Å². The second-order valence-electron chi connectivity index (χ2n) is 7.38. The molecule has 1 atom stereocenters. The van der Waals surface area contributed by atoms with Gasteiger partial charge in [0.2, 0.25) is 0 Å². The van der Waals surface area contributed by atoms with E-state index in [9.17, 15) is 0 Å². The number of hydrogen-bond acceptors (Lipinski definition) is 2. The van der Waals surface area contributed by atoms with Crippen LogP contribution in [0.25, 0.3) is 0 Å². The monoisotopic (exact) mass is 289 g/mol. The van der Waals surface area contributed by atoms with Gasteiger partial charge in [-0.1, -0.05) is 39.8 Å². The largest absolute Gasteiger partial charge is 0.490 e. The lowest BCUT2D eigenvalue weighted by Gasteiger charge is -2.32. The van der Waals surface area contributed by atoms with Crippen LogP contribution in [0.15, 0.2) is 24.3 Å². The highest BCUT2D eigenvalue weighted by molar-refractivity contribution is 5.29. The van der Waals surface area contributed by atoms with Gasteiger partial charge >= 0.3 is 0 Å². The van der Waals surface area contributed by atoms with E-state index >= 15 is 0 Å². The molecule has 1 saturated carbocycles. The molecule has 0 aromatic heterocycles. The summed E-state index contributed by atoms with van der Waals surface area (Å²) in [6.07, 6.45) is 6.40. The highest BCUT2D eigenvalue weighted by atomic mass is 16.5. The molecule has 1 N–H and O–H groups in total. The fourth-order valence-corrected chi connectivity index (χ4v) is 2.62. The zero-order valence-corrected chi connectivity index (χ0v) is 14.1. The lowest BCUT2D eigenvalue weighted by molar-refractivity contribution is 0.255. The van der Waals surface area contributed by atoms with E-state index in [2.05, 4.69) is 57.3 Å². The Morgan fingerprint density at radius 2 is 2.05 bits per heavy atom. The van der Waals surface area contributed by atoms with Gasteiger partial charge in [-0.05, 0) is 61.8 Å². The highest BCUT2D eigenvalue weighted by Crippen LogP contribution is 2.28. The van der Waals surface area contributed by atoms with Gasteiger partial charge in [0.25, 0.3) is 0 Å². The molecule has 0 bridgehead atoms. The molecule has 1 aliphatic carbocycles. The Kier molecular flexibility index (Phi) is 5.69. The van der Waals surface area contributed by atoms with Gasteiger partial charge in [0.05, 0.1) is 6.10 Å². The van der Waals surface area contributed by atoms with Crippen LogP contribution in [0.2, 0.25) is 0 Å². The average molecular weight is 289 g/mol. The van der Waals surface area contributed by atoms with E-state index in [1.165, 1.54) is 31.2 Å². The third-order valence-corrected chi connectivity index (χ3v) is 4.13.